The third-order valence-electron chi connectivity index (χ3n) is 4.44. The molecule has 0 aliphatic rings. The Bertz CT molecular complexity index is 412. The lowest BCUT2D eigenvalue weighted by atomic mass is 9.07. The van der Waals surface area contributed by atoms with Crippen molar-refractivity contribution in [3.63, 3.8) is 0 Å². The monoisotopic (exact) mass is 396 g/mol. The molecular weight excluding hydrogens is 381 g/mol. The predicted molar refractivity (Wildman–Crippen MR) is 174 cm³/mol. The van der Waals surface area contributed by atoms with E-state index in [2.05, 4.69) is 0 Å². The minimum Gasteiger partial charge on any atom is -0.136 e. The minimum atomic E-state index is -0.684. The van der Waals surface area contributed by atoms with E-state index in [-0.39, 0.29) is 11.2 Å². The molecule has 0 heterocycles. The van der Waals surface area contributed by atoms with E-state index < -0.39 is 50.5 Å². The summed E-state index contributed by atoms with van der Waals surface area (Å²) in [6.45, 7) is 0. The van der Waals surface area contributed by atoms with Crippen molar-refractivity contribution < 1.29 is 0 Å². The SMILES string of the molecule is [B]C([B])[B]C([B])[B]C([B]C([B])[B]C([B])[B])[B]C([B])[B]C([B]C([B])[B]C([B])[B])[B]C([B])[B]C([B])[B]. The van der Waals surface area contributed by atoms with Crippen LogP contribution in [0.15, 0.2) is 0 Å². The van der Waals surface area contributed by atoms with Gasteiger partial charge in [-0.3, -0.25) is 0 Å². The molecule has 4 atom stereocenters. The van der Waals surface area contributed by atoms with Crippen LogP contribution in [0.25, 0.3) is 0 Å². The Morgan fingerprint density at radius 2 is 0.382 bits per heavy atom. The summed E-state index contributed by atoms with van der Waals surface area (Å²) in [4.78, 5) is 0. The van der Waals surface area contributed by atoms with Gasteiger partial charge in [-0.05, 0) is 0 Å². The molecule has 0 aromatic heterocycles. The van der Waals surface area contributed by atoms with E-state index >= 15 is 0 Å². The minimum absolute atomic E-state index is 0.336. The molecule has 0 saturated heterocycles. The van der Waals surface area contributed by atoms with Crippen molar-refractivity contribution in [2.45, 2.75) is 61.8 Å². The average Bonchev–Trinajstić information content (AvgIpc) is 2.57. The second-order valence-corrected chi connectivity index (χ2v) is 8.28. The molecule has 0 rings (SSSR count). The van der Waals surface area contributed by atoms with Crippen LogP contribution in [-0.2, 0) is 0 Å². The molecule has 0 amide bonds. The van der Waals surface area contributed by atoms with Crippen molar-refractivity contribution in [2.24, 2.45) is 0 Å². The van der Waals surface area contributed by atoms with Gasteiger partial charge in [0, 0.05) is 102 Å². The molecule has 0 aliphatic carbocycles. The van der Waals surface area contributed by atoms with Gasteiger partial charge in [0.25, 0.3) is 0 Å². The molecule has 0 aromatic carbocycles. The van der Waals surface area contributed by atoms with Gasteiger partial charge in [-0.25, -0.2) is 0 Å². The zero-order valence-corrected chi connectivity index (χ0v) is 19.6. The maximum atomic E-state index is 6.39. The average molecular weight is 392 g/mol. The first kappa shape index (κ1) is 35.5. The van der Waals surface area contributed by atoms with Crippen LogP contribution < -0.4 is 0 Å². The lowest BCUT2D eigenvalue weighted by Crippen LogP contribution is -2.37. The van der Waals surface area contributed by atoms with Gasteiger partial charge < -0.3 is 0 Å². The Balaban J connectivity index is 5.22. The highest BCUT2D eigenvalue weighted by Crippen LogP contribution is 2.22. The molecule has 0 nitrogen and oxygen atoms in total. The standard InChI is InChI=1S/C11H11B23/c12-1(13)25-5(20)29-10(30-6(21)26-2(14)15)33-9(24)34-11(31-7(22)27-3(16)17)32-8(23)28-4(18)19/h1-11H. The van der Waals surface area contributed by atoms with E-state index in [9.17, 15) is 0 Å². The number of hydrogen-bond donors (Lipinski definition) is 0. The number of hydrogen-bond acceptors (Lipinski definition) is 0. The van der Waals surface area contributed by atoms with E-state index in [1.165, 1.54) is 0 Å². The van der Waals surface area contributed by atoms with E-state index in [1.54, 1.807) is 58.2 Å². The Morgan fingerprint density at radius 3 is 0.529 bits per heavy atom. The maximum absolute atomic E-state index is 6.39. The normalized spacial score (nSPS) is 17.4. The van der Waals surface area contributed by atoms with Gasteiger partial charge in [-0.1, -0.05) is 0 Å². The van der Waals surface area contributed by atoms with E-state index in [1.807, 2.05) is 14.6 Å². The summed E-state index contributed by atoms with van der Waals surface area (Å²) in [5.74, 6) is 0. The Hall–Kier alpha value is 1.49. The number of rotatable bonds is 20. The fourth-order valence-electron chi connectivity index (χ4n) is 3.27. The van der Waals surface area contributed by atoms with Gasteiger partial charge in [-0.15, -0.1) is 61.8 Å². The van der Waals surface area contributed by atoms with Crippen LogP contribution in [0.5, 0.6) is 0 Å². The zero-order valence-electron chi connectivity index (χ0n) is 19.6. The van der Waals surface area contributed by atoms with Gasteiger partial charge in [0.05, 0.1) is 72.8 Å². The predicted octanol–water partition coefficient (Wildman–Crippen LogP) is -5.04. The van der Waals surface area contributed by atoms with Gasteiger partial charge in [0.2, 0.25) is 0 Å². The molecule has 0 spiro atoms. The third-order valence-corrected chi connectivity index (χ3v) is 4.44. The highest BCUT2D eigenvalue weighted by atomic mass is 13.8. The lowest BCUT2D eigenvalue weighted by Gasteiger charge is -2.29. The molecule has 0 saturated carbocycles. The molecule has 0 aromatic rings. The smallest absolute Gasteiger partial charge is 0.0805 e. The van der Waals surface area contributed by atoms with Crippen LogP contribution in [0.2, 0.25) is 61.8 Å². The van der Waals surface area contributed by atoms with Crippen LogP contribution >= 0.6 is 0 Å². The summed E-state index contributed by atoms with van der Waals surface area (Å²) < 4.78 is 0. The van der Waals surface area contributed by atoms with Crippen LogP contribution in [0, 0.1) is 0 Å². The van der Waals surface area contributed by atoms with Crippen molar-refractivity contribution in [3.05, 3.63) is 0 Å². The Labute approximate surface area is 235 Å². The highest BCUT2D eigenvalue weighted by Gasteiger charge is 2.26. The van der Waals surface area contributed by atoms with E-state index in [0.717, 1.165) is 0 Å². The molecule has 0 aliphatic heterocycles. The first-order valence-electron chi connectivity index (χ1n) is 11.0. The molecular formula is C11H11B23. The summed E-state index contributed by atoms with van der Waals surface area (Å²) in [5.41, 5.74) is -6.00. The summed E-state index contributed by atoms with van der Waals surface area (Å²) in [6, 6.07) is 0. The van der Waals surface area contributed by atoms with Crippen LogP contribution in [0.4, 0.5) is 0 Å². The van der Waals surface area contributed by atoms with Gasteiger partial charge in [0.15, 0.2) is 0 Å². The summed E-state index contributed by atoms with van der Waals surface area (Å²) in [7, 11) is 92.7. The topological polar surface area (TPSA) is 0 Å². The van der Waals surface area contributed by atoms with Gasteiger partial charge in [0.1, 0.15) is 0 Å². The fourth-order valence-corrected chi connectivity index (χ4v) is 3.27. The van der Waals surface area contributed by atoms with Crippen molar-refractivity contribution in [2.75, 3.05) is 0 Å². The first-order chi connectivity index (χ1) is 15.7. The molecule has 36 radical (unpaired) electrons. The molecule has 124 valence electrons. The quantitative estimate of drug-likeness (QED) is 0.182. The van der Waals surface area contributed by atoms with E-state index in [0.29, 0.717) is 0 Å². The first-order valence-corrected chi connectivity index (χ1v) is 11.0. The zero-order chi connectivity index (χ0) is 26.4. The van der Waals surface area contributed by atoms with Gasteiger partial charge >= 0.3 is 0 Å². The lowest BCUT2D eigenvalue weighted by molar-refractivity contribution is 1.49. The largest absolute Gasteiger partial charge is 0.136 e. The third kappa shape index (κ3) is 20.5. The van der Waals surface area contributed by atoms with Crippen LogP contribution in [-0.4, -0.2) is 175 Å². The molecule has 34 heavy (non-hydrogen) atoms. The molecule has 0 bridgehead atoms. The summed E-state index contributed by atoms with van der Waals surface area (Å²) in [5, 5.41) is 0. The summed E-state index contributed by atoms with van der Waals surface area (Å²) >= 11 is 0. The van der Waals surface area contributed by atoms with Crippen LogP contribution in [0.3, 0.4) is 0 Å². The van der Waals surface area contributed by atoms with Gasteiger partial charge in [-0.2, -0.15) is 0 Å². The Kier molecular flexibility index (Phi) is 20.4. The summed E-state index contributed by atoms with van der Waals surface area (Å²) in [6.07, 6.45) is 0. The second kappa shape index (κ2) is 19.5. The maximum Gasteiger partial charge on any atom is 0.0805 e. The molecule has 4 unspecified atom stereocenters. The van der Waals surface area contributed by atoms with E-state index in [4.69, 9.17) is 102 Å². The molecule has 0 fully saturated rings. The van der Waals surface area contributed by atoms with Crippen molar-refractivity contribution in [1.82, 2.24) is 0 Å². The van der Waals surface area contributed by atoms with Crippen molar-refractivity contribution >= 4 is 175 Å². The van der Waals surface area contributed by atoms with Crippen molar-refractivity contribution in [3.8, 4) is 0 Å². The highest BCUT2D eigenvalue weighted by molar-refractivity contribution is 6.98. The second-order valence-electron chi connectivity index (χ2n) is 8.28. The molecule has 0 N–H and O–H groups in total. The Morgan fingerprint density at radius 1 is 0.235 bits per heavy atom. The van der Waals surface area contributed by atoms with Crippen molar-refractivity contribution in [1.29, 1.82) is 0 Å². The fraction of sp³-hybridized carbons (Fsp3) is 1.00. The van der Waals surface area contributed by atoms with Crippen LogP contribution in [0.1, 0.15) is 0 Å². The molecule has 23 heteroatoms.